The number of carbonyl (C=O) groups is 1. The number of esters is 1. The predicted octanol–water partition coefficient (Wildman–Crippen LogP) is 3.59. The van der Waals surface area contributed by atoms with Crippen molar-refractivity contribution in [2.45, 2.75) is 23.8 Å². The number of hydrogen-bond acceptors (Lipinski definition) is 2. The Morgan fingerprint density at radius 1 is 1.27 bits per heavy atom. The van der Waals surface area contributed by atoms with E-state index in [1.807, 2.05) is 24.3 Å². The molecule has 1 aliphatic heterocycles. The predicted molar refractivity (Wildman–Crippen MR) is 64.9 cm³/mol. The van der Waals surface area contributed by atoms with Crippen LogP contribution in [-0.4, -0.2) is 10.8 Å². The second kappa shape index (κ2) is 4.66. The summed E-state index contributed by atoms with van der Waals surface area (Å²) in [4.78, 5) is 11.4. The first-order chi connectivity index (χ1) is 7.16. The number of cyclic esters (lactones) is 1. The minimum atomic E-state index is -0.153. The summed E-state index contributed by atoms with van der Waals surface area (Å²) in [6.45, 7) is 0. The van der Waals surface area contributed by atoms with Crippen molar-refractivity contribution in [2.24, 2.45) is 0 Å². The van der Waals surface area contributed by atoms with Crippen LogP contribution in [0.25, 0.3) is 0 Å². The average Bonchev–Trinajstić information content (AvgIpc) is 2.23. The van der Waals surface area contributed by atoms with Crippen LogP contribution in [0.15, 0.2) is 28.7 Å². The Balaban J connectivity index is 2.21. The fraction of sp³-hybridized carbons (Fsp3) is 0.364. The maximum absolute atomic E-state index is 11.2. The van der Waals surface area contributed by atoms with E-state index in [-0.39, 0.29) is 16.9 Å². The Kier molecular flexibility index (Phi) is 3.46. The molecule has 1 saturated heterocycles. The summed E-state index contributed by atoms with van der Waals surface area (Å²) < 4.78 is 6.35. The minimum Gasteiger partial charge on any atom is -0.456 e. The molecule has 0 N–H and O–H groups in total. The van der Waals surface area contributed by atoms with Gasteiger partial charge in [-0.3, -0.25) is 4.79 Å². The van der Waals surface area contributed by atoms with Gasteiger partial charge in [0.25, 0.3) is 0 Å². The van der Waals surface area contributed by atoms with E-state index in [0.29, 0.717) is 6.42 Å². The average molecular weight is 334 g/mol. The smallest absolute Gasteiger partial charge is 0.306 e. The Hall–Kier alpha value is -0.350. The highest BCUT2D eigenvalue weighted by molar-refractivity contribution is 9.10. The zero-order chi connectivity index (χ0) is 10.8. The van der Waals surface area contributed by atoms with Crippen LogP contribution in [0.5, 0.6) is 0 Å². The van der Waals surface area contributed by atoms with E-state index < -0.39 is 0 Å². The van der Waals surface area contributed by atoms with Gasteiger partial charge >= 0.3 is 5.97 Å². The maximum Gasteiger partial charge on any atom is 0.306 e. The third kappa shape index (κ3) is 2.61. The normalized spacial score (nSPS) is 26.1. The second-order valence-electron chi connectivity index (χ2n) is 3.52. The first-order valence-electron chi connectivity index (χ1n) is 4.76. The number of ether oxygens (including phenoxy) is 1. The molecule has 80 valence electrons. The fourth-order valence-electron chi connectivity index (χ4n) is 1.61. The van der Waals surface area contributed by atoms with E-state index >= 15 is 0 Å². The van der Waals surface area contributed by atoms with Crippen molar-refractivity contribution in [1.29, 1.82) is 0 Å². The lowest BCUT2D eigenvalue weighted by atomic mass is 10.0. The summed E-state index contributed by atoms with van der Waals surface area (Å²) in [7, 11) is 0. The topological polar surface area (TPSA) is 26.3 Å². The lowest BCUT2D eigenvalue weighted by Gasteiger charge is -2.27. The van der Waals surface area contributed by atoms with Crippen molar-refractivity contribution >= 4 is 37.8 Å². The number of alkyl halides is 1. The van der Waals surface area contributed by atoms with Gasteiger partial charge in [0.1, 0.15) is 6.10 Å². The number of benzene rings is 1. The molecular weight excluding hydrogens is 324 g/mol. The standard InChI is InChI=1S/C11H10Br2O2/c12-8-3-1-7(2-4-8)11-9(13)5-6-10(14)15-11/h1-4,9,11H,5-6H2/t9-,11+/m0/s1. The first kappa shape index (κ1) is 11.1. The van der Waals surface area contributed by atoms with Crippen LogP contribution in [0.4, 0.5) is 0 Å². The molecular formula is C11H10Br2O2. The van der Waals surface area contributed by atoms with Crippen LogP contribution in [0.3, 0.4) is 0 Å². The van der Waals surface area contributed by atoms with E-state index in [1.165, 1.54) is 0 Å². The van der Waals surface area contributed by atoms with Crippen LogP contribution in [0, 0.1) is 0 Å². The van der Waals surface area contributed by atoms with E-state index in [1.54, 1.807) is 0 Å². The first-order valence-corrected chi connectivity index (χ1v) is 6.47. The molecule has 2 atom stereocenters. The van der Waals surface area contributed by atoms with Gasteiger partial charge in [0.05, 0.1) is 4.83 Å². The minimum absolute atomic E-state index is 0.112. The SMILES string of the molecule is O=C1CC[C@H](Br)[C@@H](c2ccc(Br)cc2)O1. The molecule has 15 heavy (non-hydrogen) atoms. The quantitative estimate of drug-likeness (QED) is 0.580. The van der Waals surface area contributed by atoms with Crippen molar-refractivity contribution < 1.29 is 9.53 Å². The Bertz CT molecular complexity index is 361. The number of rotatable bonds is 1. The lowest BCUT2D eigenvalue weighted by Crippen LogP contribution is -2.26. The Labute approximate surface area is 105 Å². The van der Waals surface area contributed by atoms with Gasteiger partial charge in [-0.25, -0.2) is 0 Å². The van der Waals surface area contributed by atoms with Crippen LogP contribution in [-0.2, 0) is 9.53 Å². The van der Waals surface area contributed by atoms with Gasteiger partial charge in [-0.2, -0.15) is 0 Å². The summed E-state index contributed by atoms with van der Waals surface area (Å²) in [5.41, 5.74) is 1.04. The highest BCUT2D eigenvalue weighted by Crippen LogP contribution is 2.34. The third-order valence-corrected chi connectivity index (χ3v) is 3.88. The molecule has 0 saturated carbocycles. The summed E-state index contributed by atoms with van der Waals surface area (Å²) in [5.74, 6) is -0.112. The van der Waals surface area contributed by atoms with Crippen LogP contribution in [0.1, 0.15) is 24.5 Å². The zero-order valence-corrected chi connectivity index (χ0v) is 11.1. The molecule has 1 aliphatic rings. The van der Waals surface area contributed by atoms with Crippen molar-refractivity contribution in [3.8, 4) is 0 Å². The maximum atomic E-state index is 11.2. The molecule has 1 aromatic carbocycles. The van der Waals surface area contributed by atoms with Gasteiger partial charge in [0, 0.05) is 10.9 Å². The number of hydrogen-bond donors (Lipinski definition) is 0. The molecule has 0 amide bonds. The summed E-state index contributed by atoms with van der Waals surface area (Å²) in [6, 6.07) is 7.86. The molecule has 1 heterocycles. The summed E-state index contributed by atoms with van der Waals surface area (Å²) >= 11 is 6.93. The number of halogens is 2. The molecule has 1 fully saturated rings. The summed E-state index contributed by atoms with van der Waals surface area (Å²) in [5, 5.41) is 0. The van der Waals surface area contributed by atoms with E-state index in [4.69, 9.17) is 4.74 Å². The molecule has 2 rings (SSSR count). The van der Waals surface area contributed by atoms with E-state index in [0.717, 1.165) is 16.5 Å². The fourth-order valence-corrected chi connectivity index (χ4v) is 2.52. The van der Waals surface area contributed by atoms with Crippen molar-refractivity contribution in [3.63, 3.8) is 0 Å². The van der Waals surface area contributed by atoms with Gasteiger partial charge in [-0.1, -0.05) is 44.0 Å². The van der Waals surface area contributed by atoms with Crippen molar-refractivity contribution in [1.82, 2.24) is 0 Å². The van der Waals surface area contributed by atoms with Crippen LogP contribution >= 0.6 is 31.9 Å². The summed E-state index contributed by atoms with van der Waals surface area (Å²) in [6.07, 6.45) is 1.18. The second-order valence-corrected chi connectivity index (χ2v) is 5.61. The molecule has 2 nitrogen and oxygen atoms in total. The molecule has 1 aromatic rings. The van der Waals surface area contributed by atoms with Crippen LogP contribution < -0.4 is 0 Å². The highest BCUT2D eigenvalue weighted by Gasteiger charge is 2.29. The Morgan fingerprint density at radius 2 is 1.93 bits per heavy atom. The largest absolute Gasteiger partial charge is 0.456 e. The third-order valence-electron chi connectivity index (χ3n) is 2.41. The van der Waals surface area contributed by atoms with Gasteiger partial charge in [0.2, 0.25) is 0 Å². The molecule has 0 aliphatic carbocycles. The molecule has 0 spiro atoms. The monoisotopic (exact) mass is 332 g/mol. The Morgan fingerprint density at radius 3 is 2.60 bits per heavy atom. The van der Waals surface area contributed by atoms with Crippen molar-refractivity contribution in [2.75, 3.05) is 0 Å². The van der Waals surface area contributed by atoms with E-state index in [2.05, 4.69) is 31.9 Å². The molecule has 4 heteroatoms. The van der Waals surface area contributed by atoms with Crippen LogP contribution in [0.2, 0.25) is 0 Å². The number of carbonyl (C=O) groups excluding carboxylic acids is 1. The van der Waals surface area contributed by atoms with Gasteiger partial charge < -0.3 is 4.74 Å². The molecule has 0 bridgehead atoms. The van der Waals surface area contributed by atoms with Gasteiger partial charge in [0.15, 0.2) is 0 Å². The molecule has 0 aromatic heterocycles. The van der Waals surface area contributed by atoms with E-state index in [9.17, 15) is 4.79 Å². The zero-order valence-electron chi connectivity index (χ0n) is 7.95. The van der Waals surface area contributed by atoms with Gasteiger partial charge in [-0.05, 0) is 24.1 Å². The molecule has 0 radical (unpaired) electrons. The van der Waals surface area contributed by atoms with Crippen molar-refractivity contribution in [3.05, 3.63) is 34.3 Å². The highest BCUT2D eigenvalue weighted by atomic mass is 79.9. The molecule has 0 unspecified atom stereocenters. The van der Waals surface area contributed by atoms with Gasteiger partial charge in [-0.15, -0.1) is 0 Å². The lowest BCUT2D eigenvalue weighted by molar-refractivity contribution is -0.153.